The van der Waals surface area contributed by atoms with Crippen molar-refractivity contribution in [3.8, 4) is 0 Å². The predicted molar refractivity (Wildman–Crippen MR) is 151 cm³/mol. The van der Waals surface area contributed by atoms with Gasteiger partial charge >= 0.3 is 0 Å². The summed E-state index contributed by atoms with van der Waals surface area (Å²) in [6, 6.07) is 11.8. The van der Waals surface area contributed by atoms with Crippen LogP contribution >= 0.6 is 0 Å². The number of aromatic amines is 1. The van der Waals surface area contributed by atoms with E-state index in [1.165, 1.54) is 29.7 Å². The maximum Gasteiger partial charge on any atom is 0.195 e. The Bertz CT molecular complexity index is 1320. The fraction of sp³-hybridized carbons (Fsp3) is 0.531. The quantitative estimate of drug-likeness (QED) is 0.478. The minimum absolute atomic E-state index is 0.172. The van der Waals surface area contributed by atoms with Crippen LogP contribution in [0, 0.1) is 0 Å². The zero-order chi connectivity index (χ0) is 25.7. The highest BCUT2D eigenvalue weighted by atomic mass is 16.5. The van der Waals surface area contributed by atoms with E-state index in [1.807, 2.05) is 0 Å². The van der Waals surface area contributed by atoms with E-state index in [1.54, 1.807) is 0 Å². The van der Waals surface area contributed by atoms with Crippen LogP contribution in [-0.4, -0.2) is 61.1 Å². The summed E-state index contributed by atoms with van der Waals surface area (Å²) < 4.78 is 5.57. The molecule has 1 N–H and O–H groups in total. The van der Waals surface area contributed by atoms with E-state index in [0.29, 0.717) is 6.04 Å². The molecule has 6 rings (SSSR count). The number of carbonyl (C=O) groups is 1. The Morgan fingerprint density at radius 2 is 1.78 bits per heavy atom. The molecule has 37 heavy (non-hydrogen) atoms. The van der Waals surface area contributed by atoms with E-state index < -0.39 is 0 Å². The lowest BCUT2D eigenvalue weighted by Crippen LogP contribution is -2.49. The minimum atomic E-state index is -0.268. The van der Waals surface area contributed by atoms with Crippen molar-refractivity contribution in [2.75, 3.05) is 44.3 Å². The SMILES string of the molecule is CCCc1ccc2c3c([nH]c2c1)C(C)(C)c1cc(N2CCC(N4CCOCC4)CC2)c(CC)cc1C3=O. The number of hydrogen-bond donors (Lipinski definition) is 1. The molecule has 2 fully saturated rings. The van der Waals surface area contributed by atoms with Gasteiger partial charge in [-0.05, 0) is 60.6 Å². The highest BCUT2D eigenvalue weighted by Crippen LogP contribution is 2.46. The summed E-state index contributed by atoms with van der Waals surface area (Å²) in [6.07, 6.45) is 5.49. The van der Waals surface area contributed by atoms with Crippen LogP contribution in [0.5, 0.6) is 0 Å². The molecule has 3 aliphatic rings. The van der Waals surface area contributed by atoms with Gasteiger partial charge in [0.05, 0.1) is 18.8 Å². The maximum absolute atomic E-state index is 14.0. The second-order valence-corrected chi connectivity index (χ2v) is 11.7. The summed E-state index contributed by atoms with van der Waals surface area (Å²) in [4.78, 5) is 22.9. The molecular formula is C32H41N3O2. The van der Waals surface area contributed by atoms with Crippen molar-refractivity contribution in [3.63, 3.8) is 0 Å². The van der Waals surface area contributed by atoms with Gasteiger partial charge in [-0.2, -0.15) is 0 Å². The van der Waals surface area contributed by atoms with Crippen LogP contribution in [0.15, 0.2) is 30.3 Å². The number of nitrogens with zero attached hydrogens (tertiary/aromatic N) is 2. The molecular weight excluding hydrogens is 458 g/mol. The number of piperidine rings is 1. The van der Waals surface area contributed by atoms with Gasteiger partial charge in [0.2, 0.25) is 0 Å². The zero-order valence-corrected chi connectivity index (χ0v) is 23.0. The average Bonchev–Trinajstić information content (AvgIpc) is 3.32. The van der Waals surface area contributed by atoms with Crippen molar-refractivity contribution in [1.82, 2.24) is 9.88 Å². The molecule has 2 saturated heterocycles. The van der Waals surface area contributed by atoms with Gasteiger partial charge in [0.25, 0.3) is 0 Å². The van der Waals surface area contributed by atoms with Crippen LogP contribution in [-0.2, 0) is 23.0 Å². The first-order valence-corrected chi connectivity index (χ1v) is 14.4. The third-order valence-electron chi connectivity index (χ3n) is 9.14. The van der Waals surface area contributed by atoms with Gasteiger partial charge in [-0.1, -0.05) is 46.2 Å². The van der Waals surface area contributed by atoms with Crippen molar-refractivity contribution in [1.29, 1.82) is 0 Å². The third-order valence-corrected chi connectivity index (χ3v) is 9.14. The number of nitrogens with one attached hydrogen (secondary N) is 1. The van der Waals surface area contributed by atoms with Crippen LogP contribution in [0.4, 0.5) is 5.69 Å². The van der Waals surface area contributed by atoms with E-state index in [-0.39, 0.29) is 11.2 Å². The second kappa shape index (κ2) is 9.59. The first kappa shape index (κ1) is 24.7. The topological polar surface area (TPSA) is 48.6 Å². The molecule has 5 heteroatoms. The number of H-pyrrole nitrogens is 1. The summed E-state index contributed by atoms with van der Waals surface area (Å²) >= 11 is 0. The highest BCUT2D eigenvalue weighted by molar-refractivity contribution is 6.20. The third kappa shape index (κ3) is 4.11. The van der Waals surface area contributed by atoms with Gasteiger partial charge in [0.1, 0.15) is 0 Å². The summed E-state index contributed by atoms with van der Waals surface area (Å²) in [7, 11) is 0. The zero-order valence-electron chi connectivity index (χ0n) is 23.0. The van der Waals surface area contributed by atoms with Gasteiger partial charge in [0.15, 0.2) is 5.78 Å². The van der Waals surface area contributed by atoms with Gasteiger partial charge in [0, 0.05) is 65.5 Å². The number of ketones is 1. The highest BCUT2D eigenvalue weighted by Gasteiger charge is 2.40. The molecule has 2 aliphatic heterocycles. The number of aromatic nitrogens is 1. The van der Waals surface area contributed by atoms with E-state index in [4.69, 9.17) is 4.74 Å². The van der Waals surface area contributed by atoms with E-state index in [9.17, 15) is 4.79 Å². The molecule has 0 bridgehead atoms. The molecule has 196 valence electrons. The lowest BCUT2D eigenvalue weighted by Gasteiger charge is -2.42. The van der Waals surface area contributed by atoms with Crippen molar-refractivity contribution < 1.29 is 9.53 Å². The molecule has 1 aliphatic carbocycles. The number of fused-ring (bicyclic) bond motifs is 4. The number of benzene rings is 2. The minimum Gasteiger partial charge on any atom is -0.379 e. The molecule has 0 radical (unpaired) electrons. The lowest BCUT2D eigenvalue weighted by atomic mass is 9.70. The summed E-state index contributed by atoms with van der Waals surface area (Å²) in [5.41, 5.74) is 8.75. The molecule has 3 heterocycles. The number of hydrogen-bond acceptors (Lipinski definition) is 4. The lowest BCUT2D eigenvalue weighted by molar-refractivity contribution is 0.0115. The van der Waals surface area contributed by atoms with Gasteiger partial charge < -0.3 is 14.6 Å². The molecule has 0 amide bonds. The summed E-state index contributed by atoms with van der Waals surface area (Å²) in [5, 5.41) is 1.06. The number of aryl methyl sites for hydroxylation is 2. The molecule has 0 unspecified atom stereocenters. The Morgan fingerprint density at radius 3 is 2.49 bits per heavy atom. The van der Waals surface area contributed by atoms with Crippen LogP contribution in [0.25, 0.3) is 10.9 Å². The van der Waals surface area contributed by atoms with E-state index >= 15 is 0 Å². The number of morpholine rings is 1. The molecule has 0 saturated carbocycles. The smallest absolute Gasteiger partial charge is 0.195 e. The van der Waals surface area contributed by atoms with Crippen molar-refractivity contribution >= 4 is 22.4 Å². The fourth-order valence-electron chi connectivity index (χ4n) is 6.99. The largest absolute Gasteiger partial charge is 0.379 e. The van der Waals surface area contributed by atoms with Crippen molar-refractivity contribution in [3.05, 3.63) is 63.8 Å². The van der Waals surface area contributed by atoms with Gasteiger partial charge in [-0.15, -0.1) is 0 Å². The Morgan fingerprint density at radius 1 is 1.03 bits per heavy atom. The molecule has 3 aromatic rings. The first-order chi connectivity index (χ1) is 17.9. The number of ether oxygens (including phenoxy) is 1. The van der Waals surface area contributed by atoms with E-state index in [2.05, 4.69) is 72.8 Å². The van der Waals surface area contributed by atoms with Crippen LogP contribution in [0.3, 0.4) is 0 Å². The van der Waals surface area contributed by atoms with E-state index in [0.717, 1.165) is 91.9 Å². The van der Waals surface area contributed by atoms with Crippen LogP contribution in [0.1, 0.15) is 85.3 Å². The van der Waals surface area contributed by atoms with Gasteiger partial charge in [-0.25, -0.2) is 0 Å². The molecule has 0 atom stereocenters. The van der Waals surface area contributed by atoms with Gasteiger partial charge in [-0.3, -0.25) is 9.69 Å². The Kier molecular flexibility index (Phi) is 6.40. The van der Waals surface area contributed by atoms with Crippen LogP contribution in [0.2, 0.25) is 0 Å². The molecule has 2 aromatic carbocycles. The van der Waals surface area contributed by atoms with Crippen molar-refractivity contribution in [2.24, 2.45) is 0 Å². The Balaban J connectivity index is 1.35. The summed E-state index contributed by atoms with van der Waals surface area (Å²) in [6.45, 7) is 15.0. The Labute approximate surface area is 221 Å². The number of rotatable bonds is 5. The standard InChI is InChI=1S/C32H41N3O2/c1-5-7-21-8-9-24-27(18-21)33-31-29(24)30(36)25-19-22(6-2)28(20-26(25)32(31,3)4)35-12-10-23(11-13-35)34-14-16-37-17-15-34/h8-9,18-20,23,33H,5-7,10-17H2,1-4H3. The second-order valence-electron chi connectivity index (χ2n) is 11.7. The number of carbonyl (C=O) groups excluding carboxylic acids is 1. The monoisotopic (exact) mass is 499 g/mol. The normalized spacial score (nSPS) is 20.3. The number of anilines is 1. The fourth-order valence-corrected chi connectivity index (χ4v) is 6.99. The average molecular weight is 500 g/mol. The maximum atomic E-state index is 14.0. The molecule has 1 aromatic heterocycles. The molecule has 5 nitrogen and oxygen atoms in total. The predicted octanol–water partition coefficient (Wildman–Crippen LogP) is 5.85. The van der Waals surface area contributed by atoms with Crippen molar-refractivity contribution in [2.45, 2.75) is 71.3 Å². The molecule has 0 spiro atoms. The summed E-state index contributed by atoms with van der Waals surface area (Å²) in [5.74, 6) is 0.172. The first-order valence-electron chi connectivity index (χ1n) is 14.4. The van der Waals surface area contributed by atoms with Crippen LogP contribution < -0.4 is 4.90 Å². The Hall–Kier alpha value is -2.63.